The third-order valence-corrected chi connectivity index (χ3v) is 4.08. The van der Waals surface area contributed by atoms with Crippen molar-refractivity contribution in [2.45, 2.75) is 50.8 Å². The molecule has 0 aliphatic heterocycles. The molecule has 0 aromatic heterocycles. The molecule has 2 rings (SSSR count). The molecule has 112 valence electrons. The third kappa shape index (κ3) is 3.44. The normalized spacial score (nSPS) is 18.8. The molecule has 0 amide bonds. The van der Waals surface area contributed by atoms with E-state index in [1.54, 1.807) is 14.2 Å². The Kier molecular flexibility index (Phi) is 5.26. The zero-order valence-corrected chi connectivity index (χ0v) is 12.6. The largest absolute Gasteiger partial charge is 0.497 e. The maximum atomic E-state index is 10.6. The summed E-state index contributed by atoms with van der Waals surface area (Å²) in [4.78, 5) is 0. The van der Waals surface area contributed by atoms with Gasteiger partial charge in [0, 0.05) is 17.6 Å². The van der Waals surface area contributed by atoms with Crippen molar-refractivity contribution in [1.29, 1.82) is 0 Å². The van der Waals surface area contributed by atoms with Crippen molar-refractivity contribution in [3.8, 4) is 11.5 Å². The Labute approximate surface area is 121 Å². The van der Waals surface area contributed by atoms with Gasteiger partial charge in [-0.1, -0.05) is 12.8 Å². The fraction of sp³-hybridized carbons (Fsp3) is 0.625. The number of hydrogen-bond acceptors (Lipinski definition) is 4. The number of nitrogens with one attached hydrogen (secondary N) is 1. The van der Waals surface area contributed by atoms with Gasteiger partial charge in [-0.2, -0.15) is 0 Å². The molecule has 1 aromatic carbocycles. The lowest BCUT2D eigenvalue weighted by atomic mass is 10.0. The summed E-state index contributed by atoms with van der Waals surface area (Å²) in [5.74, 6) is 1.42. The second kappa shape index (κ2) is 6.95. The van der Waals surface area contributed by atoms with E-state index in [-0.39, 0.29) is 6.04 Å². The van der Waals surface area contributed by atoms with Crippen LogP contribution < -0.4 is 14.8 Å². The SMILES string of the molecule is COc1ccc(OC)c(C(O)C(C)NC2CCCC2)c1. The van der Waals surface area contributed by atoms with Gasteiger partial charge in [-0.15, -0.1) is 0 Å². The van der Waals surface area contributed by atoms with Crippen molar-refractivity contribution < 1.29 is 14.6 Å². The van der Waals surface area contributed by atoms with Crippen LogP contribution in [-0.2, 0) is 0 Å². The van der Waals surface area contributed by atoms with E-state index in [0.29, 0.717) is 11.8 Å². The predicted molar refractivity (Wildman–Crippen MR) is 79.4 cm³/mol. The predicted octanol–water partition coefficient (Wildman–Crippen LogP) is 2.66. The maximum Gasteiger partial charge on any atom is 0.124 e. The number of benzene rings is 1. The molecule has 4 nitrogen and oxygen atoms in total. The fourth-order valence-corrected chi connectivity index (χ4v) is 2.90. The first-order chi connectivity index (χ1) is 9.65. The molecule has 20 heavy (non-hydrogen) atoms. The molecule has 4 heteroatoms. The Morgan fingerprint density at radius 3 is 2.50 bits per heavy atom. The van der Waals surface area contributed by atoms with Crippen molar-refractivity contribution in [2.24, 2.45) is 0 Å². The van der Waals surface area contributed by atoms with Crippen molar-refractivity contribution >= 4 is 0 Å². The maximum absolute atomic E-state index is 10.6. The minimum Gasteiger partial charge on any atom is -0.497 e. The molecule has 1 fully saturated rings. The number of hydrogen-bond donors (Lipinski definition) is 2. The second-order valence-corrected chi connectivity index (χ2v) is 5.49. The van der Waals surface area contributed by atoms with E-state index in [9.17, 15) is 5.11 Å². The highest BCUT2D eigenvalue weighted by Gasteiger charge is 2.24. The van der Waals surface area contributed by atoms with Gasteiger partial charge in [0.2, 0.25) is 0 Å². The lowest BCUT2D eigenvalue weighted by Crippen LogP contribution is -2.38. The summed E-state index contributed by atoms with van der Waals surface area (Å²) in [6, 6.07) is 6.02. The van der Waals surface area contributed by atoms with E-state index in [1.165, 1.54) is 25.7 Å². The highest BCUT2D eigenvalue weighted by molar-refractivity contribution is 5.42. The number of aliphatic hydroxyl groups is 1. The van der Waals surface area contributed by atoms with Crippen LogP contribution in [0.1, 0.15) is 44.3 Å². The van der Waals surface area contributed by atoms with Gasteiger partial charge in [-0.25, -0.2) is 0 Å². The van der Waals surface area contributed by atoms with Gasteiger partial charge in [-0.05, 0) is 38.0 Å². The third-order valence-electron chi connectivity index (χ3n) is 4.08. The first-order valence-corrected chi connectivity index (χ1v) is 7.31. The van der Waals surface area contributed by atoms with E-state index >= 15 is 0 Å². The molecule has 0 saturated heterocycles. The summed E-state index contributed by atoms with van der Waals surface area (Å²) >= 11 is 0. The Morgan fingerprint density at radius 1 is 1.20 bits per heavy atom. The van der Waals surface area contributed by atoms with E-state index < -0.39 is 6.10 Å². The average molecular weight is 279 g/mol. The average Bonchev–Trinajstić information content (AvgIpc) is 2.98. The molecule has 1 aliphatic carbocycles. The first-order valence-electron chi connectivity index (χ1n) is 7.31. The smallest absolute Gasteiger partial charge is 0.124 e. The van der Waals surface area contributed by atoms with Crippen LogP contribution in [0.5, 0.6) is 11.5 Å². The molecule has 1 aromatic rings. The monoisotopic (exact) mass is 279 g/mol. The highest BCUT2D eigenvalue weighted by atomic mass is 16.5. The molecular formula is C16H25NO3. The Bertz CT molecular complexity index is 430. The number of rotatable bonds is 6. The zero-order valence-electron chi connectivity index (χ0n) is 12.6. The summed E-state index contributed by atoms with van der Waals surface area (Å²) in [7, 11) is 3.24. The molecule has 0 heterocycles. The first kappa shape index (κ1) is 15.1. The van der Waals surface area contributed by atoms with Crippen LogP contribution in [0, 0.1) is 0 Å². The van der Waals surface area contributed by atoms with Crippen molar-refractivity contribution in [3.63, 3.8) is 0 Å². The van der Waals surface area contributed by atoms with Crippen molar-refractivity contribution in [2.75, 3.05) is 14.2 Å². The van der Waals surface area contributed by atoms with Crippen molar-refractivity contribution in [3.05, 3.63) is 23.8 Å². The topological polar surface area (TPSA) is 50.7 Å². The minimum absolute atomic E-state index is 0.0147. The zero-order chi connectivity index (χ0) is 14.5. The van der Waals surface area contributed by atoms with Gasteiger partial charge in [-0.3, -0.25) is 0 Å². The quantitative estimate of drug-likeness (QED) is 0.840. The summed E-state index contributed by atoms with van der Waals surface area (Å²) < 4.78 is 10.6. The van der Waals surface area contributed by atoms with Crippen LogP contribution in [-0.4, -0.2) is 31.4 Å². The van der Waals surface area contributed by atoms with E-state index in [4.69, 9.17) is 9.47 Å². The molecule has 0 bridgehead atoms. The van der Waals surface area contributed by atoms with Crippen LogP contribution in [0.3, 0.4) is 0 Å². The van der Waals surface area contributed by atoms with Crippen LogP contribution >= 0.6 is 0 Å². The molecule has 1 saturated carbocycles. The summed E-state index contributed by atoms with van der Waals surface area (Å²) in [5.41, 5.74) is 0.768. The van der Waals surface area contributed by atoms with Crippen LogP contribution in [0.4, 0.5) is 0 Å². The molecular weight excluding hydrogens is 254 g/mol. The summed E-state index contributed by atoms with van der Waals surface area (Å²) in [6.45, 7) is 2.02. The van der Waals surface area contributed by atoms with Gasteiger partial charge in [0.25, 0.3) is 0 Å². The Morgan fingerprint density at radius 2 is 1.90 bits per heavy atom. The van der Waals surface area contributed by atoms with E-state index in [2.05, 4.69) is 5.32 Å². The Balaban J connectivity index is 2.11. The summed E-state index contributed by atoms with van der Waals surface area (Å²) in [6.07, 6.45) is 4.35. The highest BCUT2D eigenvalue weighted by Crippen LogP contribution is 2.31. The molecule has 2 N–H and O–H groups in total. The van der Waals surface area contributed by atoms with Gasteiger partial charge in [0.15, 0.2) is 0 Å². The number of ether oxygens (including phenoxy) is 2. The van der Waals surface area contributed by atoms with Crippen LogP contribution in [0.25, 0.3) is 0 Å². The van der Waals surface area contributed by atoms with Crippen LogP contribution in [0.2, 0.25) is 0 Å². The minimum atomic E-state index is -0.611. The molecule has 1 aliphatic rings. The van der Waals surface area contributed by atoms with Crippen molar-refractivity contribution in [1.82, 2.24) is 5.32 Å². The van der Waals surface area contributed by atoms with Crippen LogP contribution in [0.15, 0.2) is 18.2 Å². The fourth-order valence-electron chi connectivity index (χ4n) is 2.90. The van der Waals surface area contributed by atoms with E-state index in [1.807, 2.05) is 25.1 Å². The molecule has 0 radical (unpaired) electrons. The van der Waals surface area contributed by atoms with Gasteiger partial charge >= 0.3 is 0 Å². The molecule has 2 unspecified atom stereocenters. The van der Waals surface area contributed by atoms with Gasteiger partial charge < -0.3 is 19.9 Å². The standard InChI is InChI=1S/C16H25NO3/c1-11(17-12-6-4-5-7-12)16(18)14-10-13(19-2)8-9-15(14)20-3/h8-12,16-18H,4-7H2,1-3H3. The lowest BCUT2D eigenvalue weighted by molar-refractivity contribution is 0.126. The lowest BCUT2D eigenvalue weighted by Gasteiger charge is -2.25. The number of aliphatic hydroxyl groups excluding tert-OH is 1. The second-order valence-electron chi connectivity index (χ2n) is 5.49. The molecule has 0 spiro atoms. The number of methoxy groups -OCH3 is 2. The molecule has 2 atom stereocenters. The summed E-state index contributed by atoms with van der Waals surface area (Å²) in [5, 5.41) is 14.1. The van der Waals surface area contributed by atoms with Gasteiger partial charge in [0.05, 0.1) is 20.3 Å². The van der Waals surface area contributed by atoms with Gasteiger partial charge in [0.1, 0.15) is 11.5 Å². The Hall–Kier alpha value is -1.26. The van der Waals surface area contributed by atoms with E-state index in [0.717, 1.165) is 11.3 Å².